The highest BCUT2D eigenvalue weighted by atomic mass is 35.5. The molecule has 1 unspecified atom stereocenters. The molecule has 6 heteroatoms. The van der Waals surface area contributed by atoms with Gasteiger partial charge in [-0.05, 0) is 49.6 Å². The average Bonchev–Trinajstić information content (AvgIpc) is 3.15. The number of carbonyl (C=O) groups excluding carboxylic acids is 1. The van der Waals surface area contributed by atoms with Gasteiger partial charge in [0.05, 0.1) is 22.3 Å². The molecule has 0 aliphatic rings. The summed E-state index contributed by atoms with van der Waals surface area (Å²) in [5, 5.41) is 3.75. The summed E-state index contributed by atoms with van der Waals surface area (Å²) in [6.45, 7) is 9.61. The van der Waals surface area contributed by atoms with E-state index in [4.69, 9.17) is 23.2 Å². The lowest BCUT2D eigenvalue weighted by molar-refractivity contribution is 0.168. The van der Waals surface area contributed by atoms with E-state index in [2.05, 4.69) is 74.1 Å². The quantitative estimate of drug-likeness (QED) is 0.398. The lowest BCUT2D eigenvalue weighted by Gasteiger charge is -2.32. The SMILES string of the molecule is Cc1cccc(Cn2cccc2CN(C(=O)Nc2c(Cl)cccc2Cl)C(C)C(C)C)c1. The van der Waals surface area contributed by atoms with Crippen molar-refractivity contribution in [3.63, 3.8) is 0 Å². The van der Waals surface area contributed by atoms with E-state index in [9.17, 15) is 4.79 Å². The van der Waals surface area contributed by atoms with Gasteiger partial charge in [0.15, 0.2) is 0 Å². The molecule has 0 radical (unpaired) electrons. The Hall–Kier alpha value is -2.43. The lowest BCUT2D eigenvalue weighted by atomic mass is 10.0. The van der Waals surface area contributed by atoms with E-state index in [-0.39, 0.29) is 18.0 Å². The van der Waals surface area contributed by atoms with Gasteiger partial charge in [0, 0.05) is 24.5 Å². The number of rotatable bonds is 7. The van der Waals surface area contributed by atoms with E-state index in [1.807, 2.05) is 11.0 Å². The fraction of sp³-hybridized carbons (Fsp3) is 0.320. The van der Waals surface area contributed by atoms with Gasteiger partial charge >= 0.3 is 6.03 Å². The largest absolute Gasteiger partial charge is 0.345 e. The van der Waals surface area contributed by atoms with E-state index in [0.29, 0.717) is 22.3 Å². The molecule has 0 aliphatic carbocycles. The van der Waals surface area contributed by atoms with Crippen molar-refractivity contribution < 1.29 is 4.79 Å². The fourth-order valence-electron chi connectivity index (χ4n) is 3.49. The normalized spacial score (nSPS) is 12.1. The predicted octanol–water partition coefficient (Wildman–Crippen LogP) is 7.23. The van der Waals surface area contributed by atoms with Crippen molar-refractivity contribution in [1.29, 1.82) is 0 Å². The van der Waals surface area contributed by atoms with Gasteiger partial charge in [-0.2, -0.15) is 0 Å². The van der Waals surface area contributed by atoms with Gasteiger partial charge in [-0.25, -0.2) is 4.79 Å². The molecule has 1 N–H and O–H groups in total. The Balaban J connectivity index is 1.84. The molecule has 3 aromatic rings. The lowest BCUT2D eigenvalue weighted by Crippen LogP contribution is -2.43. The Morgan fingerprint density at radius 3 is 2.35 bits per heavy atom. The third-order valence-corrected chi connectivity index (χ3v) is 6.23. The molecular formula is C25H29Cl2N3O. The number of para-hydroxylation sites is 1. The minimum atomic E-state index is -0.223. The Morgan fingerprint density at radius 1 is 1.03 bits per heavy atom. The van der Waals surface area contributed by atoms with Gasteiger partial charge in [-0.3, -0.25) is 0 Å². The van der Waals surface area contributed by atoms with Crippen molar-refractivity contribution in [3.8, 4) is 0 Å². The van der Waals surface area contributed by atoms with Crippen LogP contribution in [0.5, 0.6) is 0 Å². The molecule has 3 rings (SSSR count). The van der Waals surface area contributed by atoms with E-state index in [1.54, 1.807) is 18.2 Å². The van der Waals surface area contributed by atoms with E-state index < -0.39 is 0 Å². The second-order valence-corrected chi connectivity index (χ2v) is 9.07. The monoisotopic (exact) mass is 457 g/mol. The van der Waals surface area contributed by atoms with Crippen molar-refractivity contribution in [1.82, 2.24) is 9.47 Å². The Kier molecular flexibility index (Phi) is 7.69. The summed E-state index contributed by atoms with van der Waals surface area (Å²) in [5.41, 5.74) is 3.96. The number of nitrogens with zero attached hydrogens (tertiary/aromatic N) is 2. The number of carbonyl (C=O) groups is 1. The summed E-state index contributed by atoms with van der Waals surface area (Å²) in [4.78, 5) is 15.1. The molecule has 0 saturated heterocycles. The molecule has 0 saturated carbocycles. The van der Waals surface area contributed by atoms with Crippen LogP contribution in [0, 0.1) is 12.8 Å². The zero-order valence-corrected chi connectivity index (χ0v) is 19.9. The highest BCUT2D eigenvalue weighted by Gasteiger charge is 2.25. The molecule has 1 atom stereocenters. The summed E-state index contributed by atoms with van der Waals surface area (Å²) in [5.74, 6) is 0.285. The van der Waals surface area contributed by atoms with E-state index in [0.717, 1.165) is 12.2 Å². The molecule has 2 amide bonds. The molecule has 1 heterocycles. The Labute approximate surface area is 194 Å². The van der Waals surface area contributed by atoms with E-state index in [1.165, 1.54) is 11.1 Å². The van der Waals surface area contributed by atoms with Gasteiger partial charge in [-0.15, -0.1) is 0 Å². The molecule has 2 aromatic carbocycles. The standard InChI is InChI=1S/C25H29Cl2N3O/c1-17(2)19(4)30(25(31)28-24-22(26)11-6-12-23(24)27)16-21-10-7-13-29(21)15-20-9-5-8-18(3)14-20/h5-14,17,19H,15-16H2,1-4H3,(H,28,31). The first-order valence-corrected chi connectivity index (χ1v) is 11.2. The molecule has 0 bridgehead atoms. The maximum atomic E-state index is 13.3. The second-order valence-electron chi connectivity index (χ2n) is 8.26. The molecule has 164 valence electrons. The predicted molar refractivity (Wildman–Crippen MR) is 130 cm³/mol. The first kappa shape index (κ1) is 23.2. The Bertz CT molecular complexity index is 1020. The number of nitrogens with one attached hydrogen (secondary N) is 1. The third-order valence-electron chi connectivity index (χ3n) is 5.60. The first-order chi connectivity index (χ1) is 14.8. The molecule has 1 aromatic heterocycles. The van der Waals surface area contributed by atoms with Gasteiger partial charge in [0.1, 0.15) is 0 Å². The van der Waals surface area contributed by atoms with Gasteiger partial charge < -0.3 is 14.8 Å². The van der Waals surface area contributed by atoms with Crippen LogP contribution in [0.15, 0.2) is 60.8 Å². The number of benzene rings is 2. The van der Waals surface area contributed by atoms with Crippen molar-refractivity contribution >= 4 is 34.9 Å². The molecule has 31 heavy (non-hydrogen) atoms. The Morgan fingerprint density at radius 2 is 1.71 bits per heavy atom. The maximum Gasteiger partial charge on any atom is 0.322 e. The highest BCUT2D eigenvalue weighted by Crippen LogP contribution is 2.30. The first-order valence-electron chi connectivity index (χ1n) is 10.5. The molecule has 0 aliphatic heterocycles. The second kappa shape index (κ2) is 10.3. The number of urea groups is 1. The summed E-state index contributed by atoms with van der Waals surface area (Å²) >= 11 is 12.5. The number of halogens is 2. The van der Waals surface area contributed by atoms with Crippen LogP contribution >= 0.6 is 23.2 Å². The van der Waals surface area contributed by atoms with Crippen molar-refractivity contribution in [2.45, 2.75) is 46.8 Å². The number of anilines is 1. The number of hydrogen-bond acceptors (Lipinski definition) is 1. The highest BCUT2D eigenvalue weighted by molar-refractivity contribution is 6.39. The maximum absolute atomic E-state index is 13.3. The number of hydrogen-bond donors (Lipinski definition) is 1. The van der Waals surface area contributed by atoms with Gasteiger partial charge in [-0.1, -0.05) is 72.9 Å². The van der Waals surface area contributed by atoms with Crippen LogP contribution in [0.3, 0.4) is 0 Å². The molecule has 0 spiro atoms. The zero-order valence-electron chi connectivity index (χ0n) is 18.4. The van der Waals surface area contributed by atoms with Crippen molar-refractivity contribution in [2.75, 3.05) is 5.32 Å². The van der Waals surface area contributed by atoms with Crippen LogP contribution in [-0.2, 0) is 13.1 Å². The molecule has 0 fully saturated rings. The summed E-state index contributed by atoms with van der Waals surface area (Å²) in [6.07, 6.45) is 2.05. The summed E-state index contributed by atoms with van der Waals surface area (Å²) in [6, 6.07) is 17.5. The minimum absolute atomic E-state index is 0.0172. The number of amides is 2. The zero-order chi connectivity index (χ0) is 22.5. The van der Waals surface area contributed by atoms with Crippen LogP contribution in [-0.4, -0.2) is 21.5 Å². The molecular weight excluding hydrogens is 429 g/mol. The fourth-order valence-corrected chi connectivity index (χ4v) is 3.98. The van der Waals surface area contributed by atoms with Gasteiger partial charge in [0.25, 0.3) is 0 Å². The summed E-state index contributed by atoms with van der Waals surface area (Å²) in [7, 11) is 0. The number of aromatic nitrogens is 1. The smallest absolute Gasteiger partial charge is 0.322 e. The third kappa shape index (κ3) is 5.84. The topological polar surface area (TPSA) is 37.3 Å². The molecule has 4 nitrogen and oxygen atoms in total. The van der Waals surface area contributed by atoms with E-state index >= 15 is 0 Å². The summed E-state index contributed by atoms with van der Waals surface area (Å²) < 4.78 is 2.19. The van der Waals surface area contributed by atoms with Crippen LogP contribution < -0.4 is 5.32 Å². The van der Waals surface area contributed by atoms with Crippen molar-refractivity contribution in [3.05, 3.63) is 87.7 Å². The average molecular weight is 458 g/mol. The van der Waals surface area contributed by atoms with Crippen LogP contribution in [0.1, 0.15) is 37.6 Å². The van der Waals surface area contributed by atoms with Crippen LogP contribution in [0.4, 0.5) is 10.5 Å². The van der Waals surface area contributed by atoms with Crippen molar-refractivity contribution in [2.24, 2.45) is 5.92 Å². The van der Waals surface area contributed by atoms with Crippen LogP contribution in [0.25, 0.3) is 0 Å². The van der Waals surface area contributed by atoms with Crippen LogP contribution in [0.2, 0.25) is 10.0 Å². The minimum Gasteiger partial charge on any atom is -0.345 e. The van der Waals surface area contributed by atoms with Gasteiger partial charge in [0.2, 0.25) is 0 Å². The number of aryl methyl sites for hydroxylation is 1.